The molecule has 0 spiro atoms. The lowest BCUT2D eigenvalue weighted by Gasteiger charge is -2.34. The first-order valence-corrected chi connectivity index (χ1v) is 9.06. The van der Waals surface area contributed by atoms with Crippen molar-refractivity contribution in [2.45, 2.75) is 69.0 Å². The molecule has 25 heavy (non-hydrogen) atoms. The summed E-state index contributed by atoms with van der Waals surface area (Å²) in [6.45, 7) is 0.505. The third kappa shape index (κ3) is 3.73. The topological polar surface area (TPSA) is 68.5 Å². The van der Waals surface area contributed by atoms with Crippen LogP contribution in [0.4, 0.5) is 0 Å². The van der Waals surface area contributed by atoms with Crippen molar-refractivity contribution in [2.24, 2.45) is 0 Å². The number of nitrogens with zero attached hydrogens (tertiary/aromatic N) is 1. The zero-order valence-electron chi connectivity index (χ0n) is 14.7. The number of benzene rings is 1. The summed E-state index contributed by atoms with van der Waals surface area (Å²) in [6, 6.07) is 8.35. The van der Waals surface area contributed by atoms with Crippen LogP contribution < -0.4 is 9.47 Å². The van der Waals surface area contributed by atoms with Gasteiger partial charge in [0.2, 0.25) is 0 Å². The molecule has 0 heterocycles. The van der Waals surface area contributed by atoms with Gasteiger partial charge in [-0.1, -0.05) is 6.07 Å². The van der Waals surface area contributed by atoms with Gasteiger partial charge in [-0.05, 0) is 69.1 Å². The van der Waals surface area contributed by atoms with Crippen LogP contribution in [0.5, 0.6) is 11.5 Å². The highest BCUT2D eigenvalue weighted by Crippen LogP contribution is 2.43. The van der Waals surface area contributed by atoms with Gasteiger partial charge in [0.25, 0.3) is 6.47 Å². The molecule has 5 heteroatoms. The summed E-state index contributed by atoms with van der Waals surface area (Å²) in [5.41, 5.74) is 0.413. The van der Waals surface area contributed by atoms with E-state index in [0.29, 0.717) is 37.9 Å². The van der Waals surface area contributed by atoms with Crippen molar-refractivity contribution >= 4 is 6.47 Å². The minimum Gasteiger partial charge on any atom is -0.493 e. The molecule has 134 valence electrons. The van der Waals surface area contributed by atoms with E-state index in [1.807, 2.05) is 18.2 Å². The molecule has 2 aliphatic rings. The highest BCUT2D eigenvalue weighted by Gasteiger charge is 2.38. The van der Waals surface area contributed by atoms with E-state index in [1.165, 1.54) is 12.8 Å². The predicted octanol–water partition coefficient (Wildman–Crippen LogP) is 3.89. The summed E-state index contributed by atoms with van der Waals surface area (Å²) >= 11 is 0. The van der Waals surface area contributed by atoms with E-state index in [0.717, 1.165) is 24.2 Å². The summed E-state index contributed by atoms with van der Waals surface area (Å²) < 4.78 is 16.7. The summed E-state index contributed by atoms with van der Waals surface area (Å²) in [7, 11) is 1.64. The highest BCUT2D eigenvalue weighted by molar-refractivity contribution is 5.47. The van der Waals surface area contributed by atoms with Crippen molar-refractivity contribution in [1.82, 2.24) is 0 Å². The fraction of sp³-hybridized carbons (Fsp3) is 0.600. The Kier molecular flexibility index (Phi) is 5.47. The quantitative estimate of drug-likeness (QED) is 0.733. The lowest BCUT2D eigenvalue weighted by atomic mass is 9.69. The maximum absolute atomic E-state index is 10.5. The van der Waals surface area contributed by atoms with Gasteiger partial charge < -0.3 is 14.2 Å². The normalized spacial score (nSPS) is 26.6. The third-order valence-corrected chi connectivity index (χ3v) is 5.56. The average molecular weight is 343 g/mol. The molecule has 2 saturated carbocycles. The fourth-order valence-corrected chi connectivity index (χ4v) is 4.02. The second-order valence-electron chi connectivity index (χ2n) is 7.02. The van der Waals surface area contributed by atoms with E-state index in [9.17, 15) is 10.1 Å². The molecule has 2 fully saturated rings. The van der Waals surface area contributed by atoms with Crippen LogP contribution >= 0.6 is 0 Å². The van der Waals surface area contributed by atoms with Crippen LogP contribution in [-0.4, -0.2) is 25.8 Å². The van der Waals surface area contributed by atoms with E-state index in [-0.39, 0.29) is 12.2 Å². The first-order valence-electron chi connectivity index (χ1n) is 9.06. The molecule has 0 N–H and O–H groups in total. The zero-order valence-corrected chi connectivity index (χ0v) is 14.7. The largest absolute Gasteiger partial charge is 0.493 e. The van der Waals surface area contributed by atoms with Gasteiger partial charge in [0.15, 0.2) is 11.5 Å². The molecule has 0 saturated heterocycles. The molecule has 1 aromatic rings. The summed E-state index contributed by atoms with van der Waals surface area (Å²) in [6.07, 6.45) is 7.47. The number of nitriles is 1. The summed E-state index contributed by atoms with van der Waals surface area (Å²) in [5, 5.41) is 9.88. The Labute approximate surface area is 148 Å². The van der Waals surface area contributed by atoms with Crippen LogP contribution in [0.3, 0.4) is 0 Å². The number of methoxy groups -OCH3 is 1. The Balaban J connectivity index is 1.82. The van der Waals surface area contributed by atoms with Gasteiger partial charge in [0.1, 0.15) is 6.10 Å². The number of rotatable bonds is 6. The fourth-order valence-electron chi connectivity index (χ4n) is 4.02. The first-order chi connectivity index (χ1) is 12.2. The van der Waals surface area contributed by atoms with Crippen LogP contribution in [0.1, 0.15) is 56.9 Å². The van der Waals surface area contributed by atoms with Crippen molar-refractivity contribution in [3.63, 3.8) is 0 Å². The van der Waals surface area contributed by atoms with Crippen molar-refractivity contribution in [3.8, 4) is 17.6 Å². The molecule has 0 unspecified atom stereocenters. The lowest BCUT2D eigenvalue weighted by molar-refractivity contribution is -0.135. The van der Waals surface area contributed by atoms with E-state index in [4.69, 9.17) is 14.2 Å². The molecular formula is C20H25NO4. The summed E-state index contributed by atoms with van der Waals surface area (Å²) in [4.78, 5) is 10.5. The number of hydrogen-bond donors (Lipinski definition) is 0. The smallest absolute Gasteiger partial charge is 0.293 e. The zero-order chi connectivity index (χ0) is 17.7. The molecule has 3 rings (SSSR count). The first kappa shape index (κ1) is 17.6. The predicted molar refractivity (Wildman–Crippen MR) is 92.6 cm³/mol. The van der Waals surface area contributed by atoms with Crippen molar-refractivity contribution < 1.29 is 19.0 Å². The maximum Gasteiger partial charge on any atom is 0.293 e. The average Bonchev–Trinajstić information content (AvgIpc) is 3.16. The van der Waals surface area contributed by atoms with Crippen LogP contribution in [0.2, 0.25) is 0 Å². The summed E-state index contributed by atoms with van der Waals surface area (Å²) in [5.74, 6) is 1.44. The minimum absolute atomic E-state index is 0.0774. The molecule has 5 nitrogen and oxygen atoms in total. The standard InChI is InChI=1S/C20H25NO4/c1-23-18-7-6-15(12-19(18)25-17-4-2-3-5-17)20(13-21)10-8-16(9-11-20)24-14-22/h6-7,12,14,16-17H,2-5,8-11H2,1H3/t16-,20-. The van der Waals surface area contributed by atoms with E-state index in [2.05, 4.69) is 6.07 Å². The van der Waals surface area contributed by atoms with Crippen molar-refractivity contribution in [2.75, 3.05) is 7.11 Å². The number of ether oxygens (including phenoxy) is 3. The Morgan fingerprint density at radius 2 is 1.84 bits per heavy atom. The van der Waals surface area contributed by atoms with Gasteiger partial charge >= 0.3 is 0 Å². The van der Waals surface area contributed by atoms with Crippen molar-refractivity contribution in [3.05, 3.63) is 23.8 Å². The highest BCUT2D eigenvalue weighted by atomic mass is 16.5. The van der Waals surface area contributed by atoms with Gasteiger partial charge in [-0.15, -0.1) is 0 Å². The molecular weight excluding hydrogens is 318 g/mol. The van der Waals surface area contributed by atoms with Crippen LogP contribution in [0.15, 0.2) is 18.2 Å². The van der Waals surface area contributed by atoms with Crippen LogP contribution in [0, 0.1) is 11.3 Å². The number of hydrogen-bond acceptors (Lipinski definition) is 5. The van der Waals surface area contributed by atoms with Crippen LogP contribution in [-0.2, 0) is 14.9 Å². The lowest BCUT2D eigenvalue weighted by Crippen LogP contribution is -2.33. The minimum atomic E-state index is -0.553. The monoisotopic (exact) mass is 343 g/mol. The molecule has 0 aliphatic heterocycles. The van der Waals surface area contributed by atoms with Gasteiger partial charge in [-0.3, -0.25) is 4.79 Å². The van der Waals surface area contributed by atoms with E-state index < -0.39 is 5.41 Å². The van der Waals surface area contributed by atoms with E-state index >= 15 is 0 Å². The molecule has 0 atom stereocenters. The second kappa shape index (κ2) is 7.77. The number of carbonyl (C=O) groups is 1. The van der Waals surface area contributed by atoms with Gasteiger partial charge in [0, 0.05) is 0 Å². The molecule has 0 aromatic heterocycles. The Morgan fingerprint density at radius 3 is 2.44 bits per heavy atom. The third-order valence-electron chi connectivity index (χ3n) is 5.56. The Hall–Kier alpha value is -2.22. The van der Waals surface area contributed by atoms with E-state index in [1.54, 1.807) is 7.11 Å². The number of carbonyl (C=O) groups excluding carboxylic acids is 1. The van der Waals surface area contributed by atoms with Crippen LogP contribution in [0.25, 0.3) is 0 Å². The Bertz CT molecular complexity index is 638. The molecule has 0 bridgehead atoms. The molecule has 2 aliphatic carbocycles. The molecule has 0 radical (unpaired) electrons. The Morgan fingerprint density at radius 1 is 1.12 bits per heavy atom. The molecule has 0 amide bonds. The SMILES string of the molecule is COc1ccc([C@]2(C#N)CC[C@@H](OC=O)CC2)cc1OC1CCCC1. The molecule has 1 aromatic carbocycles. The van der Waals surface area contributed by atoms with Gasteiger partial charge in [-0.25, -0.2) is 0 Å². The maximum atomic E-state index is 10.5. The second-order valence-corrected chi connectivity index (χ2v) is 7.02. The van der Waals surface area contributed by atoms with Gasteiger partial charge in [0.05, 0.1) is 24.7 Å². The van der Waals surface area contributed by atoms with Gasteiger partial charge in [-0.2, -0.15) is 5.26 Å². The van der Waals surface area contributed by atoms with Crippen molar-refractivity contribution in [1.29, 1.82) is 5.26 Å².